The first kappa shape index (κ1) is 15.0. The molecule has 1 aromatic rings. The Morgan fingerprint density at radius 3 is 2.29 bits per heavy atom. The standard InChI is InChI=1S/C13H19Br2NO/c1-4-17-13-11(14)5-10(6-12(13)15)8-16-7-9(2)3/h5-6,9,16H,4,7-8H2,1-3H3. The van der Waals surface area contributed by atoms with Gasteiger partial charge in [-0.3, -0.25) is 0 Å². The molecule has 0 aromatic heterocycles. The molecule has 0 amide bonds. The van der Waals surface area contributed by atoms with Gasteiger partial charge < -0.3 is 10.1 Å². The Morgan fingerprint density at radius 1 is 1.24 bits per heavy atom. The molecule has 0 bridgehead atoms. The van der Waals surface area contributed by atoms with Gasteiger partial charge in [-0.25, -0.2) is 0 Å². The second-order valence-corrected chi connectivity index (χ2v) is 6.06. The summed E-state index contributed by atoms with van der Waals surface area (Å²) in [5, 5.41) is 3.42. The van der Waals surface area contributed by atoms with Gasteiger partial charge in [-0.05, 0) is 68.9 Å². The van der Waals surface area contributed by atoms with Crippen LogP contribution in [0.2, 0.25) is 0 Å². The molecule has 17 heavy (non-hydrogen) atoms. The van der Waals surface area contributed by atoms with Gasteiger partial charge in [0.2, 0.25) is 0 Å². The fourth-order valence-corrected chi connectivity index (χ4v) is 3.01. The Labute approximate surface area is 120 Å². The van der Waals surface area contributed by atoms with E-state index in [-0.39, 0.29) is 0 Å². The topological polar surface area (TPSA) is 21.3 Å². The minimum atomic E-state index is 0.669. The number of nitrogens with one attached hydrogen (secondary N) is 1. The van der Waals surface area contributed by atoms with Crippen molar-refractivity contribution in [2.75, 3.05) is 13.2 Å². The fraction of sp³-hybridized carbons (Fsp3) is 0.538. The lowest BCUT2D eigenvalue weighted by Crippen LogP contribution is -2.18. The fourth-order valence-electron chi connectivity index (χ4n) is 1.50. The van der Waals surface area contributed by atoms with Crippen LogP contribution in [-0.2, 0) is 6.54 Å². The van der Waals surface area contributed by atoms with Crippen LogP contribution in [0.5, 0.6) is 5.75 Å². The first-order chi connectivity index (χ1) is 8.04. The number of hydrogen-bond acceptors (Lipinski definition) is 2. The summed E-state index contributed by atoms with van der Waals surface area (Å²) in [4.78, 5) is 0. The third-order valence-corrected chi connectivity index (χ3v) is 3.41. The highest BCUT2D eigenvalue weighted by molar-refractivity contribution is 9.11. The molecule has 0 aliphatic rings. The zero-order valence-electron chi connectivity index (χ0n) is 10.5. The molecule has 0 radical (unpaired) electrons. The minimum absolute atomic E-state index is 0.669. The van der Waals surface area contributed by atoms with E-state index in [1.165, 1.54) is 5.56 Å². The zero-order chi connectivity index (χ0) is 12.8. The summed E-state index contributed by atoms with van der Waals surface area (Å²) in [5.41, 5.74) is 1.24. The van der Waals surface area contributed by atoms with Gasteiger partial charge in [-0.1, -0.05) is 13.8 Å². The molecule has 4 heteroatoms. The number of ether oxygens (including phenoxy) is 1. The van der Waals surface area contributed by atoms with Crippen LogP contribution in [0.25, 0.3) is 0 Å². The monoisotopic (exact) mass is 363 g/mol. The van der Waals surface area contributed by atoms with Crippen molar-refractivity contribution in [1.29, 1.82) is 0 Å². The minimum Gasteiger partial charge on any atom is -0.492 e. The largest absolute Gasteiger partial charge is 0.492 e. The van der Waals surface area contributed by atoms with Crippen molar-refractivity contribution in [3.8, 4) is 5.75 Å². The van der Waals surface area contributed by atoms with Gasteiger partial charge >= 0.3 is 0 Å². The van der Waals surface area contributed by atoms with Gasteiger partial charge in [0.1, 0.15) is 5.75 Å². The smallest absolute Gasteiger partial charge is 0.147 e. The van der Waals surface area contributed by atoms with Crippen LogP contribution < -0.4 is 10.1 Å². The lowest BCUT2D eigenvalue weighted by atomic mass is 10.2. The predicted octanol–water partition coefficient (Wildman–Crippen LogP) is 4.36. The van der Waals surface area contributed by atoms with Crippen LogP contribution in [0.1, 0.15) is 26.3 Å². The maximum atomic E-state index is 5.55. The SMILES string of the molecule is CCOc1c(Br)cc(CNCC(C)C)cc1Br. The van der Waals surface area contributed by atoms with E-state index in [1.807, 2.05) is 6.92 Å². The van der Waals surface area contributed by atoms with Crippen LogP contribution >= 0.6 is 31.9 Å². The van der Waals surface area contributed by atoms with Crippen molar-refractivity contribution < 1.29 is 4.74 Å². The summed E-state index contributed by atoms with van der Waals surface area (Å²) in [5.74, 6) is 1.55. The van der Waals surface area contributed by atoms with Crippen LogP contribution in [0, 0.1) is 5.92 Å². The maximum absolute atomic E-state index is 5.55. The molecule has 0 unspecified atom stereocenters. The average Bonchev–Trinajstić information content (AvgIpc) is 2.23. The third kappa shape index (κ3) is 4.98. The van der Waals surface area contributed by atoms with E-state index in [4.69, 9.17) is 4.74 Å². The highest BCUT2D eigenvalue weighted by Gasteiger charge is 2.08. The van der Waals surface area contributed by atoms with Gasteiger partial charge in [0, 0.05) is 6.54 Å². The van der Waals surface area contributed by atoms with Crippen LogP contribution in [0.3, 0.4) is 0 Å². The summed E-state index contributed by atoms with van der Waals surface area (Å²) in [7, 11) is 0. The molecule has 0 atom stereocenters. The molecule has 0 heterocycles. The van der Waals surface area contributed by atoms with Crippen molar-refractivity contribution in [1.82, 2.24) is 5.32 Å². The zero-order valence-corrected chi connectivity index (χ0v) is 13.7. The molecule has 96 valence electrons. The Bertz CT molecular complexity index is 343. The summed E-state index contributed by atoms with van der Waals surface area (Å²) < 4.78 is 7.54. The predicted molar refractivity (Wildman–Crippen MR) is 79.6 cm³/mol. The second kappa shape index (κ2) is 7.39. The van der Waals surface area contributed by atoms with Crippen molar-refractivity contribution in [2.45, 2.75) is 27.3 Å². The Kier molecular flexibility index (Phi) is 6.52. The molecule has 2 nitrogen and oxygen atoms in total. The summed E-state index contributed by atoms with van der Waals surface area (Å²) in [6.07, 6.45) is 0. The van der Waals surface area contributed by atoms with Crippen molar-refractivity contribution in [2.24, 2.45) is 5.92 Å². The quantitative estimate of drug-likeness (QED) is 0.809. The molecule has 0 aliphatic heterocycles. The molecular formula is C13H19Br2NO. The molecule has 0 spiro atoms. The van der Waals surface area contributed by atoms with Crippen molar-refractivity contribution in [3.05, 3.63) is 26.6 Å². The Morgan fingerprint density at radius 2 is 1.82 bits per heavy atom. The number of benzene rings is 1. The second-order valence-electron chi connectivity index (χ2n) is 4.35. The summed E-state index contributed by atoms with van der Waals surface area (Å²) >= 11 is 7.07. The number of halogens is 2. The first-order valence-electron chi connectivity index (χ1n) is 5.86. The highest BCUT2D eigenvalue weighted by atomic mass is 79.9. The molecular weight excluding hydrogens is 346 g/mol. The van der Waals surface area contributed by atoms with E-state index in [2.05, 4.69) is 63.2 Å². The van der Waals surface area contributed by atoms with Crippen LogP contribution in [0.4, 0.5) is 0 Å². The van der Waals surface area contributed by atoms with E-state index in [9.17, 15) is 0 Å². The molecule has 0 aliphatic carbocycles. The Balaban J connectivity index is 2.69. The van der Waals surface area contributed by atoms with E-state index in [0.29, 0.717) is 12.5 Å². The maximum Gasteiger partial charge on any atom is 0.147 e. The van der Waals surface area contributed by atoms with Gasteiger partial charge in [-0.15, -0.1) is 0 Å². The lowest BCUT2D eigenvalue weighted by molar-refractivity contribution is 0.336. The van der Waals surface area contributed by atoms with Gasteiger partial charge in [0.25, 0.3) is 0 Å². The van der Waals surface area contributed by atoms with E-state index in [0.717, 1.165) is 27.8 Å². The van der Waals surface area contributed by atoms with E-state index >= 15 is 0 Å². The first-order valence-corrected chi connectivity index (χ1v) is 7.44. The third-order valence-electron chi connectivity index (χ3n) is 2.23. The van der Waals surface area contributed by atoms with Crippen LogP contribution in [0.15, 0.2) is 21.1 Å². The highest BCUT2D eigenvalue weighted by Crippen LogP contribution is 2.34. The molecule has 1 rings (SSSR count). The lowest BCUT2D eigenvalue weighted by Gasteiger charge is -2.12. The molecule has 1 N–H and O–H groups in total. The van der Waals surface area contributed by atoms with E-state index < -0.39 is 0 Å². The molecule has 0 fully saturated rings. The molecule has 0 saturated heterocycles. The average molecular weight is 365 g/mol. The van der Waals surface area contributed by atoms with Gasteiger partial charge in [-0.2, -0.15) is 0 Å². The van der Waals surface area contributed by atoms with Crippen molar-refractivity contribution >= 4 is 31.9 Å². The number of rotatable bonds is 6. The number of hydrogen-bond donors (Lipinski definition) is 1. The summed E-state index contributed by atoms with van der Waals surface area (Å²) in [6, 6.07) is 4.20. The van der Waals surface area contributed by atoms with Crippen LogP contribution in [-0.4, -0.2) is 13.2 Å². The normalized spacial score (nSPS) is 10.9. The van der Waals surface area contributed by atoms with E-state index in [1.54, 1.807) is 0 Å². The van der Waals surface area contributed by atoms with Gasteiger partial charge in [0.05, 0.1) is 15.6 Å². The molecule has 1 aromatic carbocycles. The Hall–Kier alpha value is -0.0600. The molecule has 0 saturated carbocycles. The summed E-state index contributed by atoms with van der Waals surface area (Å²) in [6.45, 7) is 8.97. The van der Waals surface area contributed by atoms with Gasteiger partial charge in [0.15, 0.2) is 0 Å². The van der Waals surface area contributed by atoms with Crippen molar-refractivity contribution in [3.63, 3.8) is 0 Å².